The van der Waals surface area contributed by atoms with Gasteiger partial charge < -0.3 is 18.9 Å². The minimum Gasteiger partial charge on any atom is -0.493 e. The largest absolute Gasteiger partial charge is 0.493 e. The van der Waals surface area contributed by atoms with Gasteiger partial charge in [0.2, 0.25) is 6.79 Å². The van der Waals surface area contributed by atoms with E-state index in [2.05, 4.69) is 0 Å². The smallest absolute Gasteiger partial charge is 0.334 e. The van der Waals surface area contributed by atoms with Crippen LogP contribution in [0.2, 0.25) is 0 Å². The van der Waals surface area contributed by atoms with E-state index in [9.17, 15) is 4.79 Å². The molecule has 1 unspecified atom stereocenters. The number of fused-ring (bicyclic) bond motifs is 1. The van der Waals surface area contributed by atoms with Crippen LogP contribution < -0.4 is 9.47 Å². The molecule has 26 heavy (non-hydrogen) atoms. The lowest BCUT2D eigenvalue weighted by Gasteiger charge is -2.21. The molecule has 0 bridgehead atoms. The van der Waals surface area contributed by atoms with Gasteiger partial charge in [-0.25, -0.2) is 4.79 Å². The first kappa shape index (κ1) is 16.3. The summed E-state index contributed by atoms with van der Waals surface area (Å²) < 4.78 is 21.8. The van der Waals surface area contributed by atoms with Gasteiger partial charge in [-0.2, -0.15) is 0 Å². The predicted molar refractivity (Wildman–Crippen MR) is 95.4 cm³/mol. The molecule has 4 rings (SSSR count). The third-order valence-electron chi connectivity index (χ3n) is 4.12. The van der Waals surface area contributed by atoms with Crippen molar-refractivity contribution in [1.29, 1.82) is 0 Å². The SMILES string of the molecule is O=C1C=C(OCc2ccccc2)CC(/C=C/c2ccc3c(c2)OCO3)O1. The van der Waals surface area contributed by atoms with E-state index in [4.69, 9.17) is 18.9 Å². The number of carbonyl (C=O) groups excluding carboxylic acids is 1. The molecular weight excluding hydrogens is 332 g/mol. The maximum Gasteiger partial charge on any atom is 0.334 e. The number of ether oxygens (including phenoxy) is 4. The van der Waals surface area contributed by atoms with Crippen LogP contribution in [0.4, 0.5) is 0 Å². The highest BCUT2D eigenvalue weighted by Gasteiger charge is 2.21. The van der Waals surface area contributed by atoms with E-state index < -0.39 is 0 Å². The van der Waals surface area contributed by atoms with E-state index in [0.29, 0.717) is 18.8 Å². The summed E-state index contributed by atoms with van der Waals surface area (Å²) in [6.45, 7) is 0.675. The second-order valence-corrected chi connectivity index (χ2v) is 6.04. The van der Waals surface area contributed by atoms with Gasteiger partial charge in [-0.1, -0.05) is 42.5 Å². The Hall–Kier alpha value is -3.21. The van der Waals surface area contributed by atoms with Crippen molar-refractivity contribution in [3.63, 3.8) is 0 Å². The number of rotatable bonds is 5. The van der Waals surface area contributed by atoms with Gasteiger partial charge in [0.05, 0.1) is 6.08 Å². The second-order valence-electron chi connectivity index (χ2n) is 6.04. The molecule has 2 aliphatic heterocycles. The van der Waals surface area contributed by atoms with Crippen LogP contribution in [-0.4, -0.2) is 18.9 Å². The van der Waals surface area contributed by atoms with Gasteiger partial charge >= 0.3 is 5.97 Å². The van der Waals surface area contributed by atoms with Gasteiger partial charge in [0, 0.05) is 6.42 Å². The number of hydrogen-bond donors (Lipinski definition) is 0. The third kappa shape index (κ3) is 3.88. The lowest BCUT2D eigenvalue weighted by atomic mass is 10.1. The molecule has 0 spiro atoms. The molecule has 2 heterocycles. The highest BCUT2D eigenvalue weighted by molar-refractivity contribution is 5.83. The summed E-state index contributed by atoms with van der Waals surface area (Å²) in [6, 6.07) is 15.5. The minimum atomic E-state index is -0.389. The number of benzene rings is 2. The quantitative estimate of drug-likeness (QED) is 0.767. The maximum atomic E-state index is 11.8. The second kappa shape index (κ2) is 7.35. The lowest BCUT2D eigenvalue weighted by Crippen LogP contribution is -2.21. The number of esters is 1. The Balaban J connectivity index is 1.38. The average molecular weight is 350 g/mol. The van der Waals surface area contributed by atoms with E-state index >= 15 is 0 Å². The van der Waals surface area contributed by atoms with Gasteiger partial charge in [-0.3, -0.25) is 0 Å². The Bertz CT molecular complexity index is 854. The molecule has 0 aromatic heterocycles. The molecule has 0 amide bonds. The first-order chi connectivity index (χ1) is 12.8. The Labute approximate surface area is 151 Å². The Morgan fingerprint density at radius 1 is 1.08 bits per heavy atom. The van der Waals surface area contributed by atoms with E-state index in [1.165, 1.54) is 6.08 Å². The van der Waals surface area contributed by atoms with Gasteiger partial charge in [-0.15, -0.1) is 0 Å². The van der Waals surface area contributed by atoms with Crippen LogP contribution in [0.5, 0.6) is 11.5 Å². The molecule has 0 saturated carbocycles. The van der Waals surface area contributed by atoms with E-state index in [1.54, 1.807) is 0 Å². The van der Waals surface area contributed by atoms with Crippen molar-refractivity contribution in [3.8, 4) is 11.5 Å². The maximum absolute atomic E-state index is 11.8. The molecule has 2 aliphatic rings. The fourth-order valence-electron chi connectivity index (χ4n) is 2.81. The monoisotopic (exact) mass is 350 g/mol. The number of hydrogen-bond acceptors (Lipinski definition) is 5. The fourth-order valence-corrected chi connectivity index (χ4v) is 2.81. The van der Waals surface area contributed by atoms with Crippen LogP contribution in [-0.2, 0) is 20.9 Å². The van der Waals surface area contributed by atoms with Crippen molar-refractivity contribution in [2.24, 2.45) is 0 Å². The average Bonchev–Trinajstić information content (AvgIpc) is 3.13. The molecule has 0 aliphatic carbocycles. The van der Waals surface area contributed by atoms with Crippen LogP contribution in [0, 0.1) is 0 Å². The van der Waals surface area contributed by atoms with Crippen molar-refractivity contribution in [1.82, 2.24) is 0 Å². The predicted octanol–water partition coefficient (Wildman–Crippen LogP) is 3.84. The summed E-state index contributed by atoms with van der Waals surface area (Å²) in [5.74, 6) is 1.70. The zero-order valence-electron chi connectivity index (χ0n) is 14.1. The molecule has 2 aromatic rings. The topological polar surface area (TPSA) is 54.0 Å². The Kier molecular flexibility index (Phi) is 4.60. The van der Waals surface area contributed by atoms with Crippen molar-refractivity contribution in [2.75, 3.05) is 6.79 Å². The molecular formula is C21H18O5. The van der Waals surface area contributed by atoms with Crippen molar-refractivity contribution in [3.05, 3.63) is 77.6 Å². The highest BCUT2D eigenvalue weighted by atomic mass is 16.7. The summed E-state index contributed by atoms with van der Waals surface area (Å²) >= 11 is 0. The summed E-state index contributed by atoms with van der Waals surface area (Å²) in [5.41, 5.74) is 2.01. The third-order valence-corrected chi connectivity index (χ3v) is 4.12. The first-order valence-corrected chi connectivity index (χ1v) is 8.42. The molecule has 0 fully saturated rings. The van der Waals surface area contributed by atoms with Gasteiger partial charge in [0.1, 0.15) is 18.5 Å². The number of carbonyl (C=O) groups is 1. The molecule has 5 nitrogen and oxygen atoms in total. The first-order valence-electron chi connectivity index (χ1n) is 8.42. The van der Waals surface area contributed by atoms with E-state index in [1.807, 2.05) is 60.7 Å². The van der Waals surface area contributed by atoms with Gasteiger partial charge in [0.25, 0.3) is 0 Å². The molecule has 0 N–H and O–H groups in total. The van der Waals surface area contributed by atoms with Crippen LogP contribution in [0.1, 0.15) is 17.5 Å². The van der Waals surface area contributed by atoms with Crippen LogP contribution in [0.25, 0.3) is 6.08 Å². The standard InChI is InChI=1S/C21H18O5/c22-21-12-18(23-13-16-4-2-1-3-5-16)11-17(26-21)8-6-15-7-9-19-20(10-15)25-14-24-19/h1-10,12,17H,11,13-14H2/b8-6+. The molecule has 0 radical (unpaired) electrons. The molecule has 0 saturated heterocycles. The fraction of sp³-hybridized carbons (Fsp3) is 0.190. The normalized spacial score (nSPS) is 18.5. The minimum absolute atomic E-state index is 0.246. The Morgan fingerprint density at radius 3 is 2.81 bits per heavy atom. The summed E-state index contributed by atoms with van der Waals surface area (Å²) in [6.07, 6.45) is 5.32. The number of cyclic esters (lactones) is 1. The molecule has 1 atom stereocenters. The van der Waals surface area contributed by atoms with Crippen LogP contribution in [0.3, 0.4) is 0 Å². The van der Waals surface area contributed by atoms with Gasteiger partial charge in [-0.05, 0) is 29.3 Å². The van der Waals surface area contributed by atoms with Crippen molar-refractivity contribution < 1.29 is 23.7 Å². The Morgan fingerprint density at radius 2 is 1.92 bits per heavy atom. The summed E-state index contributed by atoms with van der Waals surface area (Å²) in [7, 11) is 0. The molecule has 2 aromatic carbocycles. The van der Waals surface area contributed by atoms with Crippen molar-refractivity contribution >= 4 is 12.0 Å². The zero-order valence-corrected chi connectivity index (χ0v) is 14.1. The van der Waals surface area contributed by atoms with Crippen LogP contribution in [0.15, 0.2) is 66.4 Å². The lowest BCUT2D eigenvalue weighted by molar-refractivity contribution is -0.143. The highest BCUT2D eigenvalue weighted by Crippen LogP contribution is 2.33. The molecule has 5 heteroatoms. The van der Waals surface area contributed by atoms with Gasteiger partial charge in [0.15, 0.2) is 11.5 Å². The summed E-state index contributed by atoms with van der Waals surface area (Å²) in [4.78, 5) is 11.8. The van der Waals surface area contributed by atoms with Crippen molar-refractivity contribution in [2.45, 2.75) is 19.1 Å². The van der Waals surface area contributed by atoms with Crippen LogP contribution >= 0.6 is 0 Å². The summed E-state index contributed by atoms with van der Waals surface area (Å²) in [5, 5.41) is 0. The zero-order chi connectivity index (χ0) is 17.8. The van der Waals surface area contributed by atoms with E-state index in [0.717, 1.165) is 22.6 Å². The molecule has 132 valence electrons. The van der Waals surface area contributed by atoms with E-state index in [-0.39, 0.29) is 18.9 Å².